The molecule has 1 aliphatic heterocycles. The lowest BCUT2D eigenvalue weighted by Gasteiger charge is -2.33. The number of carbonyl (C=O) groups excluding carboxylic acids is 3. The largest absolute Gasteiger partial charge is 0.343 e. The van der Waals surface area contributed by atoms with E-state index in [-0.39, 0.29) is 24.3 Å². The molecule has 0 saturated carbocycles. The Morgan fingerprint density at radius 2 is 1.92 bits per heavy atom. The topological polar surface area (TPSA) is 81.8 Å². The Kier molecular flexibility index (Phi) is 8.06. The van der Waals surface area contributed by atoms with Gasteiger partial charge < -0.3 is 10.2 Å². The molecule has 0 atom stereocenters. The lowest BCUT2D eigenvalue weighted by Crippen LogP contribution is -2.47. The Labute approximate surface area is 158 Å². The van der Waals surface area contributed by atoms with Gasteiger partial charge in [0.25, 0.3) is 0 Å². The van der Waals surface area contributed by atoms with Gasteiger partial charge in [0.2, 0.25) is 11.8 Å². The number of nitrogens with zero attached hydrogens (tertiary/aromatic N) is 2. The van der Waals surface area contributed by atoms with Crippen molar-refractivity contribution in [3.63, 3.8) is 0 Å². The van der Waals surface area contributed by atoms with Gasteiger partial charge >= 0.3 is 6.03 Å². The van der Waals surface area contributed by atoms with Gasteiger partial charge in [-0.2, -0.15) is 0 Å². The van der Waals surface area contributed by atoms with Gasteiger partial charge in [0.15, 0.2) is 0 Å². The van der Waals surface area contributed by atoms with Crippen LogP contribution < -0.4 is 10.6 Å². The van der Waals surface area contributed by atoms with Gasteiger partial charge in [-0.15, -0.1) is 11.3 Å². The van der Waals surface area contributed by atoms with Crippen LogP contribution >= 0.6 is 11.3 Å². The molecule has 0 radical (unpaired) electrons. The molecule has 1 aromatic heterocycles. The molecule has 2 rings (SSSR count). The number of nitrogens with one attached hydrogen (secondary N) is 2. The van der Waals surface area contributed by atoms with E-state index in [1.165, 1.54) is 0 Å². The van der Waals surface area contributed by atoms with Crippen LogP contribution in [-0.4, -0.2) is 60.4 Å². The van der Waals surface area contributed by atoms with E-state index in [1.54, 1.807) is 11.3 Å². The van der Waals surface area contributed by atoms with Gasteiger partial charge in [0.05, 0.1) is 13.1 Å². The fourth-order valence-corrected chi connectivity index (χ4v) is 3.77. The molecule has 0 unspecified atom stereocenters. The zero-order valence-corrected chi connectivity index (χ0v) is 16.3. The Morgan fingerprint density at radius 3 is 2.50 bits per heavy atom. The van der Waals surface area contributed by atoms with E-state index in [4.69, 9.17) is 0 Å². The van der Waals surface area contributed by atoms with Crippen molar-refractivity contribution in [3.8, 4) is 0 Å². The van der Waals surface area contributed by atoms with Gasteiger partial charge in [-0.3, -0.25) is 19.8 Å². The molecule has 1 aromatic rings. The first-order valence-corrected chi connectivity index (χ1v) is 10.0. The van der Waals surface area contributed by atoms with Crippen LogP contribution in [-0.2, 0) is 16.1 Å². The summed E-state index contributed by atoms with van der Waals surface area (Å²) >= 11 is 1.55. The second-order valence-electron chi connectivity index (χ2n) is 6.37. The van der Waals surface area contributed by atoms with Gasteiger partial charge in [0, 0.05) is 23.9 Å². The highest BCUT2D eigenvalue weighted by molar-refractivity contribution is 7.09. The average Bonchev–Trinajstić information content (AvgIpc) is 3.15. The number of hydrogen-bond donors (Lipinski definition) is 2. The minimum Gasteiger partial charge on any atom is -0.343 e. The highest BCUT2D eigenvalue weighted by Gasteiger charge is 2.28. The summed E-state index contributed by atoms with van der Waals surface area (Å²) in [6, 6.07) is 3.37. The van der Waals surface area contributed by atoms with E-state index in [2.05, 4.69) is 10.6 Å². The van der Waals surface area contributed by atoms with Crippen molar-refractivity contribution in [2.24, 2.45) is 5.92 Å². The molecule has 2 N–H and O–H groups in total. The SMILES string of the molecule is CCN(CC)C(=O)C1CCN(CC(=O)NC(=O)NCc2cccs2)CC1. The van der Waals surface area contributed by atoms with E-state index in [1.807, 2.05) is 41.2 Å². The molecule has 0 bridgehead atoms. The number of imide groups is 1. The summed E-state index contributed by atoms with van der Waals surface area (Å²) < 4.78 is 0. The molecule has 1 fully saturated rings. The summed E-state index contributed by atoms with van der Waals surface area (Å²) in [5.74, 6) is -0.0578. The Morgan fingerprint density at radius 1 is 1.23 bits per heavy atom. The van der Waals surface area contributed by atoms with Gasteiger partial charge in [-0.05, 0) is 51.2 Å². The molecule has 1 aliphatic rings. The fourth-order valence-electron chi connectivity index (χ4n) is 3.13. The van der Waals surface area contributed by atoms with Crippen LogP contribution in [0.2, 0.25) is 0 Å². The van der Waals surface area contributed by atoms with Crippen molar-refractivity contribution >= 4 is 29.2 Å². The molecular weight excluding hydrogens is 352 g/mol. The third-order valence-electron chi connectivity index (χ3n) is 4.64. The van der Waals surface area contributed by atoms with Gasteiger partial charge in [0.1, 0.15) is 0 Å². The van der Waals surface area contributed by atoms with Crippen LogP contribution in [0.5, 0.6) is 0 Å². The first kappa shape index (κ1) is 20.4. The normalized spacial score (nSPS) is 15.5. The summed E-state index contributed by atoms with van der Waals surface area (Å²) in [5.41, 5.74) is 0. The minimum atomic E-state index is -0.477. The van der Waals surface area contributed by atoms with Gasteiger partial charge in [-0.25, -0.2) is 4.79 Å². The van der Waals surface area contributed by atoms with E-state index < -0.39 is 6.03 Å². The van der Waals surface area contributed by atoms with Crippen LogP contribution in [0.4, 0.5) is 4.79 Å². The summed E-state index contributed by atoms with van der Waals surface area (Å²) in [6.07, 6.45) is 1.51. The number of piperidine rings is 1. The number of carbonyl (C=O) groups is 3. The molecule has 144 valence electrons. The van der Waals surface area contributed by atoms with E-state index >= 15 is 0 Å². The molecule has 0 aliphatic carbocycles. The van der Waals surface area contributed by atoms with Gasteiger partial charge in [-0.1, -0.05) is 6.07 Å². The van der Waals surface area contributed by atoms with E-state index in [9.17, 15) is 14.4 Å². The number of urea groups is 1. The van der Waals surface area contributed by atoms with E-state index in [0.717, 1.165) is 30.8 Å². The Balaban J connectivity index is 1.67. The standard InChI is InChI=1S/C18H28N4O3S/c1-3-22(4-2)17(24)14-7-9-21(10-8-14)13-16(23)20-18(25)19-12-15-6-5-11-26-15/h5-6,11,14H,3-4,7-10,12-13H2,1-2H3,(H2,19,20,23,25). The van der Waals surface area contributed by atoms with Crippen LogP contribution in [0, 0.1) is 5.92 Å². The quantitative estimate of drug-likeness (QED) is 0.754. The summed E-state index contributed by atoms with van der Waals surface area (Å²) in [4.78, 5) is 41.1. The van der Waals surface area contributed by atoms with Crippen molar-refractivity contribution in [1.82, 2.24) is 20.4 Å². The molecule has 8 heteroatoms. The third-order valence-corrected chi connectivity index (χ3v) is 5.51. The molecule has 2 heterocycles. The summed E-state index contributed by atoms with van der Waals surface area (Å²) in [6.45, 7) is 7.43. The molecule has 1 saturated heterocycles. The van der Waals surface area contributed by atoms with Crippen LogP contribution in [0.3, 0.4) is 0 Å². The highest BCUT2D eigenvalue weighted by atomic mass is 32.1. The smallest absolute Gasteiger partial charge is 0.321 e. The summed E-state index contributed by atoms with van der Waals surface area (Å²) in [5, 5.41) is 6.97. The highest BCUT2D eigenvalue weighted by Crippen LogP contribution is 2.19. The third kappa shape index (κ3) is 6.10. The molecule has 4 amide bonds. The fraction of sp³-hybridized carbons (Fsp3) is 0.611. The lowest BCUT2D eigenvalue weighted by molar-refractivity contribution is -0.136. The van der Waals surface area contributed by atoms with Crippen LogP contribution in [0.25, 0.3) is 0 Å². The number of amides is 4. The second-order valence-corrected chi connectivity index (χ2v) is 7.40. The number of hydrogen-bond acceptors (Lipinski definition) is 5. The van der Waals surface area contributed by atoms with Crippen molar-refractivity contribution < 1.29 is 14.4 Å². The molecular formula is C18H28N4O3S. The van der Waals surface area contributed by atoms with Crippen LogP contribution in [0.1, 0.15) is 31.6 Å². The number of likely N-dealkylation sites (tertiary alicyclic amines) is 1. The van der Waals surface area contributed by atoms with Crippen molar-refractivity contribution in [1.29, 1.82) is 0 Å². The van der Waals surface area contributed by atoms with Crippen LogP contribution in [0.15, 0.2) is 17.5 Å². The monoisotopic (exact) mass is 380 g/mol. The molecule has 0 spiro atoms. The second kappa shape index (κ2) is 10.3. The zero-order valence-electron chi connectivity index (χ0n) is 15.5. The zero-order chi connectivity index (χ0) is 18.9. The maximum atomic E-state index is 12.4. The first-order valence-electron chi connectivity index (χ1n) is 9.14. The first-order chi connectivity index (χ1) is 12.5. The number of rotatable bonds is 7. The Hall–Kier alpha value is -1.93. The molecule has 0 aromatic carbocycles. The maximum absolute atomic E-state index is 12.4. The molecule has 7 nitrogen and oxygen atoms in total. The predicted octanol–water partition coefficient (Wildman–Crippen LogP) is 1.65. The Bertz CT molecular complexity index is 594. The molecule has 26 heavy (non-hydrogen) atoms. The van der Waals surface area contributed by atoms with Crippen molar-refractivity contribution in [2.75, 3.05) is 32.7 Å². The maximum Gasteiger partial charge on any atom is 0.321 e. The van der Waals surface area contributed by atoms with Crippen molar-refractivity contribution in [2.45, 2.75) is 33.2 Å². The average molecular weight is 381 g/mol. The summed E-state index contributed by atoms with van der Waals surface area (Å²) in [7, 11) is 0. The van der Waals surface area contributed by atoms with Crippen molar-refractivity contribution in [3.05, 3.63) is 22.4 Å². The minimum absolute atomic E-state index is 0.0447. The predicted molar refractivity (Wildman–Crippen MR) is 102 cm³/mol. The van der Waals surface area contributed by atoms with E-state index in [0.29, 0.717) is 19.6 Å². The lowest BCUT2D eigenvalue weighted by atomic mass is 9.95. The number of thiophene rings is 1.